The molecule has 0 aromatic carbocycles. The Morgan fingerprint density at radius 2 is 1.93 bits per heavy atom. The predicted octanol–water partition coefficient (Wildman–Crippen LogP) is 0.501. The molecule has 0 aromatic rings. The van der Waals surface area contributed by atoms with Crippen LogP contribution in [-0.4, -0.2) is 92.9 Å². The van der Waals surface area contributed by atoms with E-state index in [1.165, 1.54) is 0 Å². The van der Waals surface area contributed by atoms with Gasteiger partial charge in [0.1, 0.15) is 6.04 Å². The summed E-state index contributed by atoms with van der Waals surface area (Å²) in [5, 5.41) is 9.23. The average molecular weight is 420 g/mol. The largest absolute Gasteiger partial charge is 0.396 e. The molecule has 158 valence electrons. The molecule has 0 aliphatic carbocycles. The van der Waals surface area contributed by atoms with E-state index in [9.17, 15) is 19.5 Å². The number of rotatable bonds is 4. The molecule has 3 amide bonds. The topological polar surface area (TPSA) is 81.2 Å². The number of fused-ring (bicyclic) bond motifs is 2. The highest BCUT2D eigenvalue weighted by molar-refractivity contribution is 8.02. The quantitative estimate of drug-likeness (QED) is 0.672. The van der Waals surface area contributed by atoms with Crippen LogP contribution in [0.2, 0.25) is 0 Å². The summed E-state index contributed by atoms with van der Waals surface area (Å²) in [6.07, 6.45) is 8.45. The second kappa shape index (κ2) is 7.47. The first-order chi connectivity index (χ1) is 13.8. The highest BCUT2D eigenvalue weighted by Gasteiger charge is 2.70. The lowest BCUT2D eigenvalue weighted by Crippen LogP contribution is -2.54. The standard InChI is InChI=1S/C21H29N3O4S/c1-13(2)23-10-5-8-21-16(15-14(29-21)7-4-9-22(3)18(15)26)19(27)24(11-6-12-25)17(21)20(23)28/h4-5,7-8,13-17,25H,6,9-12H2,1-3H3/t14-,15+,16+,17?,21+/m1/s1. The summed E-state index contributed by atoms with van der Waals surface area (Å²) >= 11 is 1.59. The summed E-state index contributed by atoms with van der Waals surface area (Å²) in [6.45, 7) is 5.26. The number of carbonyl (C=O) groups is 3. The van der Waals surface area contributed by atoms with E-state index in [-0.39, 0.29) is 35.6 Å². The van der Waals surface area contributed by atoms with Crippen molar-refractivity contribution >= 4 is 29.5 Å². The number of thioether (sulfide) groups is 1. The van der Waals surface area contributed by atoms with E-state index in [1.54, 1.807) is 33.5 Å². The van der Waals surface area contributed by atoms with Crippen molar-refractivity contribution in [1.82, 2.24) is 14.7 Å². The van der Waals surface area contributed by atoms with Crippen LogP contribution in [0.15, 0.2) is 24.3 Å². The summed E-state index contributed by atoms with van der Waals surface area (Å²) < 4.78 is -0.749. The Kier molecular flexibility index (Phi) is 5.27. The van der Waals surface area contributed by atoms with Crippen LogP contribution in [0.3, 0.4) is 0 Å². The number of likely N-dealkylation sites (N-methyl/N-ethyl adjacent to an activating group) is 1. The fraction of sp³-hybridized carbons (Fsp3) is 0.667. The monoisotopic (exact) mass is 419 g/mol. The van der Waals surface area contributed by atoms with Crippen LogP contribution in [-0.2, 0) is 14.4 Å². The molecule has 2 fully saturated rings. The van der Waals surface area contributed by atoms with E-state index in [1.807, 2.05) is 38.2 Å². The van der Waals surface area contributed by atoms with Crippen molar-refractivity contribution in [3.63, 3.8) is 0 Å². The highest BCUT2D eigenvalue weighted by Crippen LogP contribution is 2.60. The van der Waals surface area contributed by atoms with Crippen LogP contribution in [0, 0.1) is 11.8 Å². The molecule has 29 heavy (non-hydrogen) atoms. The predicted molar refractivity (Wildman–Crippen MR) is 111 cm³/mol. The van der Waals surface area contributed by atoms with Crippen molar-refractivity contribution in [2.45, 2.75) is 42.3 Å². The van der Waals surface area contributed by atoms with Gasteiger partial charge < -0.3 is 19.8 Å². The van der Waals surface area contributed by atoms with Gasteiger partial charge in [-0.05, 0) is 20.3 Å². The second-order valence-corrected chi connectivity index (χ2v) is 10.1. The van der Waals surface area contributed by atoms with E-state index >= 15 is 0 Å². The van der Waals surface area contributed by atoms with Crippen molar-refractivity contribution in [2.24, 2.45) is 11.8 Å². The van der Waals surface area contributed by atoms with Gasteiger partial charge >= 0.3 is 0 Å². The molecule has 4 aliphatic heterocycles. The first-order valence-electron chi connectivity index (χ1n) is 10.3. The molecule has 4 rings (SSSR count). The van der Waals surface area contributed by atoms with Gasteiger partial charge in [0.05, 0.1) is 16.6 Å². The van der Waals surface area contributed by atoms with Crippen molar-refractivity contribution in [3.8, 4) is 0 Å². The van der Waals surface area contributed by atoms with Gasteiger partial charge in [-0.25, -0.2) is 0 Å². The van der Waals surface area contributed by atoms with Gasteiger partial charge in [0.15, 0.2) is 0 Å². The van der Waals surface area contributed by atoms with Gasteiger partial charge in [0.25, 0.3) is 0 Å². The van der Waals surface area contributed by atoms with Crippen molar-refractivity contribution in [2.75, 3.05) is 33.3 Å². The van der Waals surface area contributed by atoms with E-state index < -0.39 is 22.6 Å². The number of likely N-dealkylation sites (tertiary alicyclic amines) is 1. The summed E-state index contributed by atoms with van der Waals surface area (Å²) in [6, 6.07) is -0.628. The first-order valence-corrected chi connectivity index (χ1v) is 11.2. The fourth-order valence-electron chi connectivity index (χ4n) is 5.23. The molecule has 4 aliphatic rings. The minimum Gasteiger partial charge on any atom is -0.396 e. The van der Waals surface area contributed by atoms with Crippen LogP contribution in [0.1, 0.15) is 20.3 Å². The number of hydrogen-bond acceptors (Lipinski definition) is 5. The number of hydrogen-bond donors (Lipinski definition) is 1. The molecular weight excluding hydrogens is 390 g/mol. The van der Waals surface area contributed by atoms with Crippen LogP contribution >= 0.6 is 11.8 Å². The Bertz CT molecular complexity index is 782. The Morgan fingerprint density at radius 3 is 2.62 bits per heavy atom. The van der Waals surface area contributed by atoms with Gasteiger partial charge in [-0.15, -0.1) is 11.8 Å². The van der Waals surface area contributed by atoms with Gasteiger partial charge in [-0.3, -0.25) is 14.4 Å². The van der Waals surface area contributed by atoms with Crippen LogP contribution < -0.4 is 0 Å². The molecule has 0 saturated carbocycles. The van der Waals surface area contributed by atoms with Gasteiger partial charge in [-0.2, -0.15) is 0 Å². The van der Waals surface area contributed by atoms with Gasteiger partial charge in [-0.1, -0.05) is 24.3 Å². The molecule has 8 heteroatoms. The van der Waals surface area contributed by atoms with E-state index in [2.05, 4.69) is 0 Å². The van der Waals surface area contributed by atoms with Gasteiger partial charge in [0, 0.05) is 44.6 Å². The maximum absolute atomic E-state index is 13.6. The van der Waals surface area contributed by atoms with Crippen molar-refractivity contribution < 1.29 is 19.5 Å². The molecule has 0 bridgehead atoms. The molecule has 4 heterocycles. The van der Waals surface area contributed by atoms with E-state index in [0.717, 1.165) is 0 Å². The lowest BCUT2D eigenvalue weighted by Gasteiger charge is -2.36. The second-order valence-electron chi connectivity index (χ2n) is 8.58. The maximum Gasteiger partial charge on any atom is 0.247 e. The zero-order chi connectivity index (χ0) is 20.9. The van der Waals surface area contributed by atoms with Crippen LogP contribution in [0.25, 0.3) is 0 Å². The molecule has 2 saturated heterocycles. The molecule has 7 nitrogen and oxygen atoms in total. The molecule has 0 aromatic heterocycles. The Hall–Kier alpha value is -1.80. The summed E-state index contributed by atoms with van der Waals surface area (Å²) in [5.41, 5.74) is 0. The van der Waals surface area contributed by atoms with Crippen LogP contribution in [0.5, 0.6) is 0 Å². The molecule has 1 N–H and O–H groups in total. The third-order valence-corrected chi connectivity index (χ3v) is 8.32. The van der Waals surface area contributed by atoms with Crippen molar-refractivity contribution in [3.05, 3.63) is 24.3 Å². The van der Waals surface area contributed by atoms with Gasteiger partial charge in [0.2, 0.25) is 17.7 Å². The summed E-state index contributed by atoms with van der Waals surface area (Å²) in [4.78, 5) is 45.6. The molecule has 0 radical (unpaired) electrons. The number of aliphatic hydroxyl groups is 1. The zero-order valence-electron chi connectivity index (χ0n) is 17.2. The Balaban J connectivity index is 1.83. The number of carbonyl (C=O) groups excluding carboxylic acids is 3. The fourth-order valence-corrected chi connectivity index (χ4v) is 7.23. The molecule has 1 spiro atoms. The normalized spacial score (nSPS) is 36.4. The molecule has 1 unspecified atom stereocenters. The third kappa shape index (κ3) is 2.94. The zero-order valence-corrected chi connectivity index (χ0v) is 18.0. The van der Waals surface area contributed by atoms with Crippen molar-refractivity contribution in [1.29, 1.82) is 0 Å². The smallest absolute Gasteiger partial charge is 0.247 e. The van der Waals surface area contributed by atoms with E-state index in [4.69, 9.17) is 0 Å². The summed E-state index contributed by atoms with van der Waals surface area (Å²) in [5.74, 6) is -1.26. The first kappa shape index (κ1) is 20.5. The lowest BCUT2D eigenvalue weighted by atomic mass is 9.78. The number of amides is 3. The lowest BCUT2D eigenvalue weighted by molar-refractivity contribution is -0.144. The Labute approximate surface area is 175 Å². The Morgan fingerprint density at radius 1 is 1.17 bits per heavy atom. The molecular formula is C21H29N3O4S. The number of nitrogens with zero attached hydrogens (tertiary/aromatic N) is 3. The SMILES string of the molecule is CC(C)N1CC=C[C@]23S[C@@H]4C=CCN(C)C(=O)[C@@H]4[C@H]2C(=O)N(CCCO)C3C1=O. The minimum atomic E-state index is -0.749. The van der Waals surface area contributed by atoms with Crippen LogP contribution in [0.4, 0.5) is 0 Å². The van der Waals surface area contributed by atoms with E-state index in [0.29, 0.717) is 26.1 Å². The molecule has 5 atom stereocenters. The third-order valence-electron chi connectivity index (χ3n) is 6.57. The number of aliphatic hydroxyl groups excluding tert-OH is 1. The summed E-state index contributed by atoms with van der Waals surface area (Å²) in [7, 11) is 1.76. The highest BCUT2D eigenvalue weighted by atomic mass is 32.2. The average Bonchev–Trinajstić information content (AvgIpc) is 2.99. The maximum atomic E-state index is 13.6. The minimum absolute atomic E-state index is 0.0145.